The molecule has 1 aromatic heterocycles. The fourth-order valence-electron chi connectivity index (χ4n) is 2.43. The number of carbonyl (C=O) groups is 1. The van der Waals surface area contributed by atoms with E-state index in [1.807, 2.05) is 18.4 Å². The van der Waals surface area contributed by atoms with Crippen LogP contribution in [0.2, 0.25) is 0 Å². The second-order valence-electron chi connectivity index (χ2n) is 5.06. The molecule has 1 aliphatic rings. The Bertz CT molecular complexity index is 580. The van der Waals surface area contributed by atoms with Crippen LogP contribution in [0.5, 0.6) is 0 Å². The SMILES string of the molecule is CCc1ccsc1C(=O)NC1CCCN(S(C)(=O)=O)C1. The van der Waals surface area contributed by atoms with Crippen LogP contribution < -0.4 is 5.32 Å². The highest BCUT2D eigenvalue weighted by atomic mass is 32.2. The Hall–Kier alpha value is -0.920. The number of nitrogens with zero attached hydrogens (tertiary/aromatic N) is 1. The van der Waals surface area contributed by atoms with E-state index in [0.717, 1.165) is 29.7 Å². The van der Waals surface area contributed by atoms with Gasteiger partial charge in [0.2, 0.25) is 10.0 Å². The summed E-state index contributed by atoms with van der Waals surface area (Å²) >= 11 is 1.43. The first-order valence-electron chi connectivity index (χ1n) is 6.74. The Kier molecular flexibility index (Phi) is 4.82. The summed E-state index contributed by atoms with van der Waals surface area (Å²) in [5.41, 5.74) is 1.04. The maximum atomic E-state index is 12.2. The maximum Gasteiger partial charge on any atom is 0.261 e. The van der Waals surface area contributed by atoms with Crippen LogP contribution >= 0.6 is 11.3 Å². The predicted octanol–water partition coefficient (Wildman–Crippen LogP) is 1.46. The lowest BCUT2D eigenvalue weighted by molar-refractivity contribution is 0.0925. The van der Waals surface area contributed by atoms with Gasteiger partial charge in [-0.15, -0.1) is 11.3 Å². The first kappa shape index (κ1) is 15.5. The third-order valence-electron chi connectivity index (χ3n) is 3.52. The van der Waals surface area contributed by atoms with E-state index in [0.29, 0.717) is 13.1 Å². The highest BCUT2D eigenvalue weighted by Crippen LogP contribution is 2.19. The Morgan fingerprint density at radius 3 is 2.95 bits per heavy atom. The molecule has 1 unspecified atom stereocenters. The van der Waals surface area contributed by atoms with Crippen LogP contribution in [-0.2, 0) is 16.4 Å². The van der Waals surface area contributed by atoms with Gasteiger partial charge in [-0.25, -0.2) is 12.7 Å². The molecule has 2 heterocycles. The zero-order valence-electron chi connectivity index (χ0n) is 11.8. The number of hydrogen-bond acceptors (Lipinski definition) is 4. The smallest absolute Gasteiger partial charge is 0.261 e. The summed E-state index contributed by atoms with van der Waals surface area (Å²) in [5, 5.41) is 4.88. The molecule has 0 bridgehead atoms. The van der Waals surface area contributed by atoms with Gasteiger partial charge in [-0.2, -0.15) is 0 Å². The zero-order valence-corrected chi connectivity index (χ0v) is 13.4. The van der Waals surface area contributed by atoms with Gasteiger partial charge in [0.15, 0.2) is 0 Å². The molecule has 0 saturated carbocycles. The van der Waals surface area contributed by atoms with Crippen molar-refractivity contribution in [1.29, 1.82) is 0 Å². The van der Waals surface area contributed by atoms with E-state index < -0.39 is 10.0 Å². The number of carbonyl (C=O) groups excluding carboxylic acids is 1. The first-order chi connectivity index (χ1) is 9.41. The molecule has 1 N–H and O–H groups in total. The van der Waals surface area contributed by atoms with E-state index >= 15 is 0 Å². The normalized spacial score (nSPS) is 20.8. The summed E-state index contributed by atoms with van der Waals surface area (Å²) in [6.07, 6.45) is 3.64. The van der Waals surface area contributed by atoms with Crippen LogP contribution in [0.1, 0.15) is 35.0 Å². The van der Waals surface area contributed by atoms with Gasteiger partial charge in [-0.3, -0.25) is 4.79 Å². The fourth-order valence-corrected chi connectivity index (χ4v) is 4.24. The average Bonchev–Trinajstić information content (AvgIpc) is 2.86. The van der Waals surface area contributed by atoms with Crippen LogP contribution in [0.25, 0.3) is 0 Å². The van der Waals surface area contributed by atoms with Crippen LogP contribution in [-0.4, -0.2) is 44.0 Å². The molecular formula is C13H20N2O3S2. The van der Waals surface area contributed by atoms with Gasteiger partial charge in [-0.1, -0.05) is 6.92 Å². The van der Waals surface area contributed by atoms with Crippen LogP contribution in [0, 0.1) is 0 Å². The van der Waals surface area contributed by atoms with Gasteiger partial charge in [0.1, 0.15) is 0 Å². The third-order valence-corrected chi connectivity index (χ3v) is 5.75. The molecule has 0 spiro atoms. The maximum absolute atomic E-state index is 12.2. The number of nitrogens with one attached hydrogen (secondary N) is 1. The summed E-state index contributed by atoms with van der Waals surface area (Å²) in [6, 6.07) is 1.86. The summed E-state index contributed by atoms with van der Waals surface area (Å²) < 4.78 is 24.6. The fraction of sp³-hybridized carbons (Fsp3) is 0.615. The van der Waals surface area contributed by atoms with E-state index in [2.05, 4.69) is 5.32 Å². The Morgan fingerprint density at radius 2 is 2.30 bits per heavy atom. The van der Waals surface area contributed by atoms with E-state index in [1.54, 1.807) is 0 Å². The molecule has 20 heavy (non-hydrogen) atoms. The topological polar surface area (TPSA) is 66.5 Å². The molecule has 1 fully saturated rings. The summed E-state index contributed by atoms with van der Waals surface area (Å²) in [4.78, 5) is 13.0. The van der Waals surface area contributed by atoms with E-state index in [1.165, 1.54) is 21.9 Å². The lowest BCUT2D eigenvalue weighted by atomic mass is 10.1. The number of aryl methyl sites for hydroxylation is 1. The highest BCUT2D eigenvalue weighted by molar-refractivity contribution is 7.88. The third kappa shape index (κ3) is 3.59. The number of thiophene rings is 1. The monoisotopic (exact) mass is 316 g/mol. The molecule has 0 aromatic carbocycles. The van der Waals surface area contributed by atoms with Crippen molar-refractivity contribution >= 4 is 27.3 Å². The van der Waals surface area contributed by atoms with Gasteiger partial charge >= 0.3 is 0 Å². The van der Waals surface area contributed by atoms with Crippen LogP contribution in [0.4, 0.5) is 0 Å². The molecule has 1 aromatic rings. The highest BCUT2D eigenvalue weighted by Gasteiger charge is 2.27. The van der Waals surface area contributed by atoms with Gasteiger partial charge < -0.3 is 5.32 Å². The molecule has 0 aliphatic carbocycles. The van der Waals surface area contributed by atoms with E-state index in [-0.39, 0.29) is 11.9 Å². The van der Waals surface area contributed by atoms with Gasteiger partial charge in [0.25, 0.3) is 5.91 Å². The number of piperidine rings is 1. The molecule has 7 heteroatoms. The summed E-state index contributed by atoms with van der Waals surface area (Å²) in [5.74, 6) is -0.0859. The number of rotatable bonds is 4. The van der Waals surface area contributed by atoms with Crippen molar-refractivity contribution in [2.45, 2.75) is 32.2 Å². The van der Waals surface area contributed by atoms with E-state index in [4.69, 9.17) is 0 Å². The number of sulfonamides is 1. The molecule has 1 aliphatic heterocycles. The quantitative estimate of drug-likeness (QED) is 0.914. The van der Waals surface area contributed by atoms with Gasteiger partial charge in [-0.05, 0) is 36.3 Å². The van der Waals surface area contributed by atoms with Crippen molar-refractivity contribution in [1.82, 2.24) is 9.62 Å². The molecule has 112 valence electrons. The van der Waals surface area contributed by atoms with Crippen molar-refractivity contribution in [3.8, 4) is 0 Å². The van der Waals surface area contributed by atoms with Crippen molar-refractivity contribution in [3.05, 3.63) is 21.9 Å². The second kappa shape index (κ2) is 6.24. The molecule has 1 atom stereocenters. The molecule has 5 nitrogen and oxygen atoms in total. The van der Waals surface area contributed by atoms with E-state index in [9.17, 15) is 13.2 Å². The molecule has 2 rings (SSSR count). The van der Waals surface area contributed by atoms with Crippen molar-refractivity contribution in [3.63, 3.8) is 0 Å². The van der Waals surface area contributed by atoms with Crippen molar-refractivity contribution in [2.24, 2.45) is 0 Å². The minimum atomic E-state index is -3.18. The molecular weight excluding hydrogens is 296 g/mol. The Morgan fingerprint density at radius 1 is 1.55 bits per heavy atom. The Balaban J connectivity index is 2.01. The molecule has 0 radical (unpaired) electrons. The largest absolute Gasteiger partial charge is 0.347 e. The van der Waals surface area contributed by atoms with Crippen molar-refractivity contribution in [2.75, 3.05) is 19.3 Å². The molecule has 1 amide bonds. The predicted molar refractivity (Wildman–Crippen MR) is 80.6 cm³/mol. The molecule has 1 saturated heterocycles. The standard InChI is InChI=1S/C13H20N2O3S2/c1-3-10-6-8-19-12(10)13(16)14-11-5-4-7-15(9-11)20(2,17)18/h6,8,11H,3-5,7,9H2,1-2H3,(H,14,16). The number of hydrogen-bond donors (Lipinski definition) is 1. The lowest BCUT2D eigenvalue weighted by Gasteiger charge is -2.31. The first-order valence-corrected chi connectivity index (χ1v) is 9.47. The average molecular weight is 316 g/mol. The second-order valence-corrected chi connectivity index (χ2v) is 7.96. The summed E-state index contributed by atoms with van der Waals surface area (Å²) in [6.45, 7) is 2.94. The van der Waals surface area contributed by atoms with Crippen LogP contribution in [0.3, 0.4) is 0 Å². The van der Waals surface area contributed by atoms with Crippen LogP contribution in [0.15, 0.2) is 11.4 Å². The van der Waals surface area contributed by atoms with Gasteiger partial charge in [0, 0.05) is 19.1 Å². The minimum absolute atomic E-state index is 0.0859. The zero-order chi connectivity index (χ0) is 14.8. The Labute approximate surface area is 124 Å². The minimum Gasteiger partial charge on any atom is -0.347 e. The van der Waals surface area contributed by atoms with Crippen molar-refractivity contribution < 1.29 is 13.2 Å². The lowest BCUT2D eigenvalue weighted by Crippen LogP contribution is -2.49. The number of amides is 1. The van der Waals surface area contributed by atoms with Gasteiger partial charge in [0.05, 0.1) is 11.1 Å². The summed E-state index contributed by atoms with van der Waals surface area (Å²) in [7, 11) is -3.18.